The Kier molecular flexibility index (Phi) is 6.23. The Morgan fingerprint density at radius 2 is 1.71 bits per heavy atom. The van der Waals surface area contributed by atoms with Gasteiger partial charge in [0, 0.05) is 18.7 Å². The van der Waals surface area contributed by atoms with Gasteiger partial charge in [-0.3, -0.25) is 0 Å². The van der Waals surface area contributed by atoms with E-state index in [2.05, 4.69) is 34.4 Å². The largest absolute Gasteiger partial charge is 0.493 e. The van der Waals surface area contributed by atoms with Crippen molar-refractivity contribution in [1.29, 1.82) is 0 Å². The Bertz CT molecular complexity index is 674. The highest BCUT2D eigenvalue weighted by molar-refractivity contribution is 5.48. The molecule has 1 aromatic heterocycles. The second-order valence-electron chi connectivity index (χ2n) is 5.85. The van der Waals surface area contributed by atoms with Crippen LogP contribution >= 0.6 is 0 Å². The summed E-state index contributed by atoms with van der Waals surface area (Å²) in [6.07, 6.45) is 0.857. The molecule has 0 bridgehead atoms. The molecule has 0 saturated heterocycles. The molecule has 2 rings (SSSR count). The number of hydrogen-bond donors (Lipinski definition) is 2. The molecule has 2 aromatic rings. The predicted octanol–water partition coefficient (Wildman–Crippen LogP) is 3.28. The van der Waals surface area contributed by atoms with Crippen molar-refractivity contribution in [1.82, 2.24) is 9.97 Å². The van der Waals surface area contributed by atoms with Crippen LogP contribution < -0.4 is 20.1 Å². The minimum absolute atomic E-state index is 0.332. The molecule has 0 aliphatic carbocycles. The molecule has 0 spiro atoms. The van der Waals surface area contributed by atoms with Crippen molar-refractivity contribution < 1.29 is 9.47 Å². The van der Waals surface area contributed by atoms with E-state index >= 15 is 0 Å². The van der Waals surface area contributed by atoms with Gasteiger partial charge in [-0.1, -0.05) is 6.07 Å². The Morgan fingerprint density at radius 1 is 1.00 bits per heavy atom. The van der Waals surface area contributed by atoms with Crippen molar-refractivity contribution in [3.05, 3.63) is 35.7 Å². The molecule has 6 heteroatoms. The summed E-state index contributed by atoms with van der Waals surface area (Å²) in [6, 6.07) is 8.23. The number of anilines is 2. The Labute approximate surface area is 143 Å². The zero-order valence-electron chi connectivity index (χ0n) is 15.0. The third-order valence-electron chi connectivity index (χ3n) is 3.44. The van der Waals surface area contributed by atoms with E-state index in [-0.39, 0.29) is 0 Å². The van der Waals surface area contributed by atoms with Crippen LogP contribution in [0.5, 0.6) is 11.5 Å². The Hall–Kier alpha value is -2.50. The van der Waals surface area contributed by atoms with Gasteiger partial charge in [-0.15, -0.1) is 0 Å². The molecule has 1 heterocycles. The van der Waals surface area contributed by atoms with Crippen LogP contribution in [-0.4, -0.2) is 36.8 Å². The molecule has 0 fully saturated rings. The number of aryl methyl sites for hydroxylation is 1. The smallest absolute Gasteiger partial charge is 0.160 e. The lowest BCUT2D eigenvalue weighted by atomic mass is 10.1. The van der Waals surface area contributed by atoms with Gasteiger partial charge in [0.15, 0.2) is 11.5 Å². The molecule has 1 aromatic carbocycles. The van der Waals surface area contributed by atoms with Crippen LogP contribution in [0.1, 0.15) is 25.2 Å². The van der Waals surface area contributed by atoms with Crippen molar-refractivity contribution in [2.24, 2.45) is 0 Å². The monoisotopic (exact) mass is 330 g/mol. The molecule has 0 atom stereocenters. The maximum absolute atomic E-state index is 5.34. The standard InChI is InChI=1S/C18H26N4O2/c1-12(2)20-18-11-17(21-13(3)22-18)19-9-8-14-6-7-15(23-4)16(10-14)24-5/h6-7,10-12H,8-9H2,1-5H3,(H2,19,20,21,22). The normalized spacial score (nSPS) is 10.6. The topological polar surface area (TPSA) is 68.3 Å². The number of ether oxygens (including phenoxy) is 2. The summed E-state index contributed by atoms with van der Waals surface area (Å²) < 4.78 is 10.6. The average Bonchev–Trinajstić information content (AvgIpc) is 2.53. The molecule has 0 aliphatic rings. The molecule has 2 N–H and O–H groups in total. The first-order valence-electron chi connectivity index (χ1n) is 8.09. The maximum atomic E-state index is 5.34. The van der Waals surface area contributed by atoms with Gasteiger partial charge in [-0.2, -0.15) is 0 Å². The van der Waals surface area contributed by atoms with Gasteiger partial charge in [-0.25, -0.2) is 9.97 Å². The molecule has 0 unspecified atom stereocenters. The predicted molar refractivity (Wildman–Crippen MR) is 97.3 cm³/mol. The zero-order chi connectivity index (χ0) is 17.5. The van der Waals surface area contributed by atoms with E-state index in [4.69, 9.17) is 9.47 Å². The van der Waals surface area contributed by atoms with Crippen LogP contribution in [0.3, 0.4) is 0 Å². The highest BCUT2D eigenvalue weighted by Crippen LogP contribution is 2.27. The molecule has 24 heavy (non-hydrogen) atoms. The Morgan fingerprint density at radius 3 is 2.38 bits per heavy atom. The molecule has 0 amide bonds. The van der Waals surface area contributed by atoms with Crippen molar-refractivity contribution in [2.75, 3.05) is 31.4 Å². The zero-order valence-corrected chi connectivity index (χ0v) is 15.0. The van der Waals surface area contributed by atoms with E-state index in [0.717, 1.165) is 41.9 Å². The molecule has 0 saturated carbocycles. The first-order chi connectivity index (χ1) is 11.5. The molecule has 0 aliphatic heterocycles. The molecule has 0 radical (unpaired) electrons. The van der Waals surface area contributed by atoms with E-state index < -0.39 is 0 Å². The first-order valence-corrected chi connectivity index (χ1v) is 8.09. The van der Waals surface area contributed by atoms with Crippen LogP contribution in [0.4, 0.5) is 11.6 Å². The van der Waals surface area contributed by atoms with E-state index in [0.29, 0.717) is 6.04 Å². The van der Waals surface area contributed by atoms with Gasteiger partial charge < -0.3 is 20.1 Å². The third-order valence-corrected chi connectivity index (χ3v) is 3.44. The van der Waals surface area contributed by atoms with Crippen molar-refractivity contribution >= 4 is 11.6 Å². The van der Waals surface area contributed by atoms with Crippen LogP contribution in [0.15, 0.2) is 24.3 Å². The van der Waals surface area contributed by atoms with Crippen LogP contribution in [0.25, 0.3) is 0 Å². The number of hydrogen-bond acceptors (Lipinski definition) is 6. The van der Waals surface area contributed by atoms with Gasteiger partial charge in [-0.05, 0) is 44.9 Å². The minimum Gasteiger partial charge on any atom is -0.493 e. The fraction of sp³-hybridized carbons (Fsp3) is 0.444. The number of nitrogens with one attached hydrogen (secondary N) is 2. The number of benzene rings is 1. The summed E-state index contributed by atoms with van der Waals surface area (Å²) in [4.78, 5) is 8.82. The number of aromatic nitrogens is 2. The van der Waals surface area contributed by atoms with Crippen molar-refractivity contribution in [3.8, 4) is 11.5 Å². The summed E-state index contributed by atoms with van der Waals surface area (Å²) in [6.45, 7) is 6.83. The van der Waals surface area contributed by atoms with Crippen LogP contribution in [0.2, 0.25) is 0 Å². The summed E-state index contributed by atoms with van der Waals surface area (Å²) in [5, 5.41) is 6.65. The average molecular weight is 330 g/mol. The summed E-state index contributed by atoms with van der Waals surface area (Å²) in [5.74, 6) is 3.90. The summed E-state index contributed by atoms with van der Waals surface area (Å²) in [7, 11) is 3.28. The SMILES string of the molecule is COc1ccc(CCNc2cc(NC(C)C)nc(C)n2)cc1OC. The second kappa shape index (κ2) is 8.38. The molecular formula is C18H26N4O2. The number of rotatable bonds is 8. The fourth-order valence-electron chi connectivity index (χ4n) is 2.40. The van der Waals surface area contributed by atoms with Crippen LogP contribution in [-0.2, 0) is 6.42 Å². The van der Waals surface area contributed by atoms with Gasteiger partial charge >= 0.3 is 0 Å². The Balaban J connectivity index is 1.98. The molecule has 130 valence electrons. The summed E-state index contributed by atoms with van der Waals surface area (Å²) in [5.41, 5.74) is 1.17. The highest BCUT2D eigenvalue weighted by atomic mass is 16.5. The highest BCUT2D eigenvalue weighted by Gasteiger charge is 2.06. The van der Waals surface area contributed by atoms with E-state index in [1.807, 2.05) is 31.2 Å². The lowest BCUT2D eigenvalue weighted by Crippen LogP contribution is -2.13. The van der Waals surface area contributed by atoms with Crippen LogP contribution in [0, 0.1) is 6.92 Å². The van der Waals surface area contributed by atoms with E-state index in [1.165, 1.54) is 5.56 Å². The lowest BCUT2D eigenvalue weighted by molar-refractivity contribution is 0.354. The minimum atomic E-state index is 0.332. The molecule has 6 nitrogen and oxygen atoms in total. The lowest BCUT2D eigenvalue weighted by Gasteiger charge is -2.13. The summed E-state index contributed by atoms with van der Waals surface area (Å²) >= 11 is 0. The van der Waals surface area contributed by atoms with Gasteiger partial charge in [0.1, 0.15) is 17.5 Å². The first kappa shape index (κ1) is 17.8. The maximum Gasteiger partial charge on any atom is 0.160 e. The van der Waals surface area contributed by atoms with Crippen molar-refractivity contribution in [2.45, 2.75) is 33.2 Å². The van der Waals surface area contributed by atoms with Gasteiger partial charge in [0.25, 0.3) is 0 Å². The fourth-order valence-corrected chi connectivity index (χ4v) is 2.40. The van der Waals surface area contributed by atoms with Crippen molar-refractivity contribution in [3.63, 3.8) is 0 Å². The van der Waals surface area contributed by atoms with E-state index in [1.54, 1.807) is 14.2 Å². The number of nitrogens with zero attached hydrogens (tertiary/aromatic N) is 2. The quantitative estimate of drug-likeness (QED) is 0.774. The second-order valence-corrected chi connectivity index (χ2v) is 5.85. The third kappa shape index (κ3) is 5.01. The van der Waals surface area contributed by atoms with Gasteiger partial charge in [0.2, 0.25) is 0 Å². The number of methoxy groups -OCH3 is 2. The van der Waals surface area contributed by atoms with Gasteiger partial charge in [0.05, 0.1) is 14.2 Å². The molecular weight excluding hydrogens is 304 g/mol. The van der Waals surface area contributed by atoms with E-state index in [9.17, 15) is 0 Å².